The van der Waals surface area contributed by atoms with Gasteiger partial charge >= 0.3 is 6.03 Å². The summed E-state index contributed by atoms with van der Waals surface area (Å²) in [7, 11) is 0. The third-order valence-electron chi connectivity index (χ3n) is 9.05. The van der Waals surface area contributed by atoms with Crippen LogP contribution in [0, 0.1) is 11.3 Å². The first-order valence-corrected chi connectivity index (χ1v) is 14.8. The molecule has 0 unspecified atom stereocenters. The lowest BCUT2D eigenvalue weighted by atomic mass is 9.63. The maximum Gasteiger partial charge on any atom is 0.342 e. The molecule has 2 fully saturated rings. The van der Waals surface area contributed by atoms with Crippen molar-refractivity contribution >= 4 is 46.5 Å². The predicted molar refractivity (Wildman–Crippen MR) is 165 cm³/mol. The van der Waals surface area contributed by atoms with Gasteiger partial charge in [-0.15, -0.1) is 0 Å². The van der Waals surface area contributed by atoms with Gasteiger partial charge < -0.3 is 4.90 Å². The Morgan fingerprint density at radius 3 is 1.90 bits per heavy atom. The third-order valence-corrected chi connectivity index (χ3v) is 9.29. The van der Waals surface area contributed by atoms with Crippen LogP contribution < -0.4 is 14.7 Å². The van der Waals surface area contributed by atoms with Crippen molar-refractivity contribution in [1.29, 1.82) is 0 Å². The van der Waals surface area contributed by atoms with E-state index in [0.717, 1.165) is 24.1 Å². The van der Waals surface area contributed by atoms with E-state index in [-0.39, 0.29) is 12.3 Å². The molecule has 0 saturated carbocycles. The van der Waals surface area contributed by atoms with E-state index in [9.17, 15) is 14.4 Å². The summed E-state index contributed by atoms with van der Waals surface area (Å²) < 4.78 is 0. The van der Waals surface area contributed by atoms with E-state index in [0.29, 0.717) is 29.4 Å². The standard InChI is InChI=1S/C35H30ClN3O3/c36-27-17-16-26-23-35(31-21-25(18-19-37(31)30(26)22-27)20-24-10-4-1-5-11-24)32(40)38(28-12-6-2-7-13-28)34(42)39(33(35)41)29-14-8-3-9-15-29/h1-17,22,25,31H,18-21,23H2/t25-,31-/m1/s1. The van der Waals surface area contributed by atoms with Gasteiger partial charge in [0.1, 0.15) is 0 Å². The molecule has 0 radical (unpaired) electrons. The van der Waals surface area contributed by atoms with Crippen LogP contribution >= 0.6 is 11.6 Å². The van der Waals surface area contributed by atoms with Gasteiger partial charge in [-0.25, -0.2) is 14.6 Å². The molecule has 4 aromatic rings. The normalized spacial score (nSPS) is 21.4. The minimum absolute atomic E-state index is 0.191. The van der Waals surface area contributed by atoms with E-state index in [1.54, 1.807) is 48.5 Å². The number of barbiturate groups is 1. The zero-order valence-corrected chi connectivity index (χ0v) is 23.8. The topological polar surface area (TPSA) is 60.9 Å². The number of hydrogen-bond acceptors (Lipinski definition) is 4. The first-order valence-electron chi connectivity index (χ1n) is 14.4. The second-order valence-corrected chi connectivity index (χ2v) is 11.9. The fraction of sp³-hybridized carbons (Fsp3) is 0.229. The quantitative estimate of drug-likeness (QED) is 0.248. The molecule has 2 saturated heterocycles. The highest BCUT2D eigenvalue weighted by atomic mass is 35.5. The number of fused-ring (bicyclic) bond motifs is 4. The Morgan fingerprint density at radius 1 is 0.738 bits per heavy atom. The molecule has 4 aromatic carbocycles. The van der Waals surface area contributed by atoms with Gasteiger partial charge in [-0.2, -0.15) is 0 Å². The van der Waals surface area contributed by atoms with Gasteiger partial charge in [0, 0.05) is 17.3 Å². The van der Waals surface area contributed by atoms with E-state index in [4.69, 9.17) is 11.6 Å². The van der Waals surface area contributed by atoms with Gasteiger partial charge in [0.2, 0.25) is 0 Å². The van der Waals surface area contributed by atoms with Crippen molar-refractivity contribution in [2.24, 2.45) is 11.3 Å². The summed E-state index contributed by atoms with van der Waals surface area (Å²) in [4.78, 5) is 48.6. The summed E-state index contributed by atoms with van der Waals surface area (Å²) in [5, 5.41) is 0.614. The largest absolute Gasteiger partial charge is 0.367 e. The number of urea groups is 1. The number of carbonyl (C=O) groups excluding carboxylic acids is 3. The first-order chi connectivity index (χ1) is 20.5. The van der Waals surface area contributed by atoms with Crippen molar-refractivity contribution in [2.75, 3.05) is 21.2 Å². The van der Waals surface area contributed by atoms with Gasteiger partial charge in [0.05, 0.1) is 17.4 Å². The predicted octanol–water partition coefficient (Wildman–Crippen LogP) is 6.91. The van der Waals surface area contributed by atoms with Crippen molar-refractivity contribution in [3.63, 3.8) is 0 Å². The van der Waals surface area contributed by atoms with Crippen LogP contribution in [0.15, 0.2) is 109 Å². The summed E-state index contributed by atoms with van der Waals surface area (Å²) in [6.07, 6.45) is 2.60. The van der Waals surface area contributed by atoms with Gasteiger partial charge in [0.15, 0.2) is 5.41 Å². The molecule has 3 heterocycles. The maximum atomic E-state index is 14.9. The van der Waals surface area contributed by atoms with Crippen molar-refractivity contribution in [3.05, 3.63) is 125 Å². The number of nitrogens with zero attached hydrogens (tertiary/aromatic N) is 3. The minimum Gasteiger partial charge on any atom is -0.367 e. The fourth-order valence-corrected chi connectivity index (χ4v) is 7.28. The zero-order chi connectivity index (χ0) is 28.8. The van der Waals surface area contributed by atoms with Gasteiger partial charge in [-0.05, 0) is 79.1 Å². The monoisotopic (exact) mass is 575 g/mol. The number of amides is 4. The van der Waals surface area contributed by atoms with Crippen molar-refractivity contribution in [3.8, 4) is 0 Å². The molecule has 2 atom stereocenters. The molecule has 210 valence electrons. The Morgan fingerprint density at radius 2 is 1.31 bits per heavy atom. The summed E-state index contributed by atoms with van der Waals surface area (Å²) in [5.74, 6) is -0.668. The van der Waals surface area contributed by atoms with Crippen molar-refractivity contribution in [2.45, 2.75) is 31.7 Å². The molecule has 3 aliphatic rings. The highest BCUT2D eigenvalue weighted by molar-refractivity contribution is 6.39. The number of halogens is 1. The van der Waals surface area contributed by atoms with Crippen LogP contribution in [0.3, 0.4) is 0 Å². The summed E-state index contributed by atoms with van der Waals surface area (Å²) >= 11 is 6.48. The Balaban J connectivity index is 1.40. The van der Waals surface area contributed by atoms with Gasteiger partial charge in [-0.1, -0.05) is 84.4 Å². The van der Waals surface area contributed by atoms with Crippen LogP contribution in [-0.4, -0.2) is 30.4 Å². The molecule has 4 amide bonds. The molecule has 0 N–H and O–H groups in total. The van der Waals surface area contributed by atoms with Crippen LogP contribution in [0.5, 0.6) is 0 Å². The summed E-state index contributed by atoms with van der Waals surface area (Å²) in [5.41, 5.74) is 2.48. The SMILES string of the molecule is O=C1N(c2ccccc2)C(=O)C2(Cc3ccc(Cl)cc3N3CC[C@H](Cc4ccccc4)C[C@@H]32)C(=O)N1c1ccccc1. The van der Waals surface area contributed by atoms with Gasteiger partial charge in [0.25, 0.3) is 11.8 Å². The average Bonchev–Trinajstić information content (AvgIpc) is 3.02. The molecular weight excluding hydrogens is 546 g/mol. The minimum atomic E-state index is -1.50. The van der Waals surface area contributed by atoms with E-state index < -0.39 is 29.3 Å². The number of imide groups is 2. The lowest BCUT2D eigenvalue weighted by molar-refractivity contribution is -0.143. The van der Waals surface area contributed by atoms with Crippen LogP contribution in [0.1, 0.15) is 24.0 Å². The van der Waals surface area contributed by atoms with Crippen LogP contribution in [0.25, 0.3) is 0 Å². The van der Waals surface area contributed by atoms with E-state index in [2.05, 4.69) is 17.0 Å². The Hall–Kier alpha value is -4.42. The molecule has 0 bridgehead atoms. The molecule has 7 heteroatoms. The third kappa shape index (κ3) is 4.21. The molecule has 3 aliphatic heterocycles. The Labute approximate surface area is 250 Å². The van der Waals surface area contributed by atoms with Gasteiger partial charge in [-0.3, -0.25) is 9.59 Å². The number of benzene rings is 4. The molecule has 42 heavy (non-hydrogen) atoms. The lowest BCUT2D eigenvalue weighted by Crippen LogP contribution is -2.74. The molecule has 1 spiro atoms. The van der Waals surface area contributed by atoms with Crippen LogP contribution in [0.4, 0.5) is 21.9 Å². The highest BCUT2D eigenvalue weighted by Gasteiger charge is 2.65. The molecule has 7 rings (SSSR count). The Bertz CT molecular complexity index is 1600. The van der Waals surface area contributed by atoms with Crippen LogP contribution in [-0.2, 0) is 22.4 Å². The lowest BCUT2D eigenvalue weighted by Gasteiger charge is -2.56. The number of para-hydroxylation sites is 2. The first kappa shape index (κ1) is 26.5. The maximum absolute atomic E-state index is 14.9. The number of carbonyl (C=O) groups is 3. The van der Waals surface area contributed by atoms with Crippen LogP contribution in [0.2, 0.25) is 5.02 Å². The number of hydrogen-bond donors (Lipinski definition) is 0. The average molecular weight is 576 g/mol. The highest BCUT2D eigenvalue weighted by Crippen LogP contribution is 2.51. The second kappa shape index (κ2) is 10.4. The van der Waals surface area contributed by atoms with E-state index >= 15 is 0 Å². The number of rotatable bonds is 4. The molecular formula is C35H30ClN3O3. The summed E-state index contributed by atoms with van der Waals surface area (Å²) in [6.45, 7) is 0.683. The molecule has 0 aliphatic carbocycles. The Kier molecular flexibility index (Phi) is 6.59. The smallest absolute Gasteiger partial charge is 0.342 e. The molecule has 6 nitrogen and oxygen atoms in total. The van der Waals surface area contributed by atoms with Crippen molar-refractivity contribution in [1.82, 2.24) is 0 Å². The van der Waals surface area contributed by atoms with E-state index in [1.165, 1.54) is 15.4 Å². The van der Waals surface area contributed by atoms with Crippen molar-refractivity contribution < 1.29 is 14.4 Å². The second-order valence-electron chi connectivity index (χ2n) is 11.4. The fourth-order valence-electron chi connectivity index (χ4n) is 7.11. The van der Waals surface area contributed by atoms with E-state index in [1.807, 2.05) is 48.5 Å². The molecule has 0 aromatic heterocycles. The number of piperidine rings is 1. The zero-order valence-electron chi connectivity index (χ0n) is 23.0. The summed E-state index contributed by atoms with van der Waals surface area (Å²) in [6, 6.07) is 32.8. The number of anilines is 3.